The molecule has 2 rings (SSSR count). The summed E-state index contributed by atoms with van der Waals surface area (Å²) in [5.74, 6) is 0.0885. The number of ether oxygens (including phenoxy) is 2. The third-order valence-electron chi connectivity index (χ3n) is 3.46. The van der Waals surface area contributed by atoms with Gasteiger partial charge in [0.15, 0.2) is 11.5 Å². The highest BCUT2D eigenvalue weighted by Gasteiger charge is 2.21. The van der Waals surface area contributed by atoms with Crippen LogP contribution in [-0.2, 0) is 0 Å². The van der Waals surface area contributed by atoms with Crippen molar-refractivity contribution in [3.05, 3.63) is 76.9 Å². The molecule has 2 aromatic rings. The molecule has 0 radical (unpaired) electrons. The summed E-state index contributed by atoms with van der Waals surface area (Å²) in [5, 5.41) is 42.1. The number of hydrogen-bond donors (Lipinski definition) is 0. The molecule has 2 aromatic carbocycles. The standard InChI is InChI=1S/C9H10N2O5.C8H8N2O5/c1-2-5-16-9-4-3-7(10(12)13)6-8(9)11(14)15;1-2-15-8-4-3-6(9(11)12)5-7(8)10(13)14/h3-4,6H,2,5H2,1H3;3-5H,2H2,1H3. The first kappa shape index (κ1) is 24.7. The Hall–Kier alpha value is -4.36. The van der Waals surface area contributed by atoms with Crippen LogP contribution in [0.3, 0.4) is 0 Å². The number of nitro groups is 4. The second-order valence-corrected chi connectivity index (χ2v) is 5.61. The minimum Gasteiger partial charge on any atom is -0.487 e. The molecule has 31 heavy (non-hydrogen) atoms. The maximum absolute atomic E-state index is 10.7. The van der Waals surface area contributed by atoms with Crippen molar-refractivity contribution >= 4 is 22.7 Å². The fourth-order valence-electron chi connectivity index (χ4n) is 2.14. The van der Waals surface area contributed by atoms with Crippen LogP contribution in [0, 0.1) is 40.5 Å². The van der Waals surface area contributed by atoms with Gasteiger partial charge in [0.1, 0.15) is 0 Å². The smallest absolute Gasteiger partial charge is 0.317 e. The normalized spacial score (nSPS) is 9.74. The van der Waals surface area contributed by atoms with Crippen LogP contribution in [0.5, 0.6) is 11.5 Å². The van der Waals surface area contributed by atoms with Crippen molar-refractivity contribution < 1.29 is 29.2 Å². The van der Waals surface area contributed by atoms with Gasteiger partial charge in [0.2, 0.25) is 0 Å². The van der Waals surface area contributed by atoms with E-state index in [1.165, 1.54) is 18.2 Å². The highest BCUT2D eigenvalue weighted by Crippen LogP contribution is 2.31. The molecule has 0 unspecified atom stereocenters. The summed E-state index contributed by atoms with van der Waals surface area (Å²) < 4.78 is 10.1. The summed E-state index contributed by atoms with van der Waals surface area (Å²) >= 11 is 0. The minimum atomic E-state index is -0.710. The molecule has 14 nitrogen and oxygen atoms in total. The maximum atomic E-state index is 10.7. The van der Waals surface area contributed by atoms with Crippen LogP contribution in [0.1, 0.15) is 20.3 Å². The van der Waals surface area contributed by atoms with Crippen molar-refractivity contribution in [3.8, 4) is 11.5 Å². The molecule has 0 fully saturated rings. The van der Waals surface area contributed by atoms with Crippen molar-refractivity contribution in [1.82, 2.24) is 0 Å². The van der Waals surface area contributed by atoms with Crippen molar-refractivity contribution in [2.75, 3.05) is 13.2 Å². The molecule has 0 saturated heterocycles. The third-order valence-corrected chi connectivity index (χ3v) is 3.46. The highest BCUT2D eigenvalue weighted by molar-refractivity contribution is 5.54. The first-order valence-corrected chi connectivity index (χ1v) is 8.73. The van der Waals surface area contributed by atoms with Gasteiger partial charge < -0.3 is 9.47 Å². The zero-order valence-electron chi connectivity index (χ0n) is 16.5. The topological polar surface area (TPSA) is 191 Å². The van der Waals surface area contributed by atoms with Crippen LogP contribution in [0.4, 0.5) is 22.7 Å². The SMILES string of the molecule is CCCOc1ccc([N+](=O)[O-])cc1[N+](=O)[O-].CCOc1ccc([N+](=O)[O-])cc1[N+](=O)[O-]. The summed E-state index contributed by atoms with van der Waals surface area (Å²) in [6.45, 7) is 4.12. The van der Waals surface area contributed by atoms with E-state index in [4.69, 9.17) is 9.47 Å². The number of rotatable bonds is 9. The lowest BCUT2D eigenvalue weighted by molar-refractivity contribution is -0.395. The fraction of sp³-hybridized carbons (Fsp3) is 0.294. The minimum absolute atomic E-state index is 0.0353. The van der Waals surface area contributed by atoms with Crippen molar-refractivity contribution in [2.45, 2.75) is 20.3 Å². The van der Waals surface area contributed by atoms with Gasteiger partial charge >= 0.3 is 11.4 Å². The molecule has 0 spiro atoms. The molecule has 0 aliphatic carbocycles. The van der Waals surface area contributed by atoms with E-state index in [2.05, 4.69) is 0 Å². The Morgan fingerprint density at radius 1 is 0.677 bits per heavy atom. The van der Waals surface area contributed by atoms with Gasteiger partial charge in [-0.05, 0) is 25.5 Å². The van der Waals surface area contributed by atoms with Crippen molar-refractivity contribution in [3.63, 3.8) is 0 Å². The second kappa shape index (κ2) is 11.6. The number of hydrogen-bond acceptors (Lipinski definition) is 10. The van der Waals surface area contributed by atoms with Crippen LogP contribution in [0.15, 0.2) is 36.4 Å². The van der Waals surface area contributed by atoms with Gasteiger partial charge in [0, 0.05) is 12.1 Å². The van der Waals surface area contributed by atoms with Crippen LogP contribution < -0.4 is 9.47 Å². The lowest BCUT2D eigenvalue weighted by Gasteiger charge is -2.04. The highest BCUT2D eigenvalue weighted by atomic mass is 16.6. The van der Waals surface area contributed by atoms with Crippen molar-refractivity contribution in [1.29, 1.82) is 0 Å². The molecular weight excluding hydrogens is 420 g/mol. The summed E-state index contributed by atoms with van der Waals surface area (Å²) in [5.41, 5.74) is -1.44. The molecular formula is C17H18N4O10. The van der Waals surface area contributed by atoms with E-state index in [1.54, 1.807) is 6.92 Å². The molecule has 0 saturated carbocycles. The molecule has 166 valence electrons. The number of nitrogens with zero attached hydrogens (tertiary/aromatic N) is 4. The lowest BCUT2D eigenvalue weighted by Crippen LogP contribution is -2.00. The number of benzene rings is 2. The van der Waals surface area contributed by atoms with Gasteiger partial charge in [-0.25, -0.2) is 0 Å². The molecule has 0 atom stereocenters. The Kier molecular flexibility index (Phi) is 9.23. The Bertz CT molecular complexity index is 979. The summed E-state index contributed by atoms with van der Waals surface area (Å²) in [7, 11) is 0. The van der Waals surface area contributed by atoms with E-state index >= 15 is 0 Å². The molecule has 0 aromatic heterocycles. The molecule has 14 heteroatoms. The van der Waals surface area contributed by atoms with E-state index in [1.807, 2.05) is 6.92 Å². The summed E-state index contributed by atoms with van der Waals surface area (Å²) in [6.07, 6.45) is 0.703. The number of nitro benzene ring substituents is 4. The van der Waals surface area contributed by atoms with Crippen LogP contribution in [0.25, 0.3) is 0 Å². The largest absolute Gasteiger partial charge is 0.487 e. The summed E-state index contributed by atoms with van der Waals surface area (Å²) in [4.78, 5) is 39.3. The molecule has 0 bridgehead atoms. The van der Waals surface area contributed by atoms with Gasteiger partial charge in [0.25, 0.3) is 11.4 Å². The Morgan fingerprint density at radius 3 is 1.42 bits per heavy atom. The van der Waals surface area contributed by atoms with E-state index in [0.29, 0.717) is 13.0 Å². The van der Waals surface area contributed by atoms with E-state index < -0.39 is 25.4 Å². The van der Waals surface area contributed by atoms with Crippen LogP contribution in [-0.4, -0.2) is 32.9 Å². The molecule has 0 aliphatic heterocycles. The quantitative estimate of drug-likeness (QED) is 0.405. The Morgan fingerprint density at radius 2 is 1.10 bits per heavy atom. The molecule has 0 amide bonds. The van der Waals surface area contributed by atoms with E-state index in [9.17, 15) is 40.5 Å². The average Bonchev–Trinajstić information content (AvgIpc) is 2.72. The van der Waals surface area contributed by atoms with Gasteiger partial charge in [-0.1, -0.05) is 6.92 Å². The predicted molar refractivity (Wildman–Crippen MR) is 106 cm³/mol. The van der Waals surface area contributed by atoms with Crippen LogP contribution in [0.2, 0.25) is 0 Å². The predicted octanol–water partition coefficient (Wildman–Crippen LogP) is 4.19. The lowest BCUT2D eigenvalue weighted by atomic mass is 10.2. The van der Waals surface area contributed by atoms with E-state index in [-0.39, 0.29) is 35.2 Å². The first-order chi connectivity index (χ1) is 14.6. The van der Waals surface area contributed by atoms with Gasteiger partial charge in [-0.15, -0.1) is 0 Å². The zero-order chi connectivity index (χ0) is 23.6. The van der Waals surface area contributed by atoms with E-state index in [0.717, 1.165) is 18.2 Å². The molecule has 0 heterocycles. The number of non-ortho nitro benzene ring substituents is 2. The van der Waals surface area contributed by atoms with Gasteiger partial charge in [-0.2, -0.15) is 0 Å². The Balaban J connectivity index is 0.000000311. The van der Waals surface area contributed by atoms with Crippen LogP contribution >= 0.6 is 0 Å². The summed E-state index contributed by atoms with van der Waals surface area (Å²) in [6, 6.07) is 6.58. The molecule has 0 N–H and O–H groups in total. The van der Waals surface area contributed by atoms with Gasteiger partial charge in [0.05, 0.1) is 45.0 Å². The average molecular weight is 438 g/mol. The zero-order valence-corrected chi connectivity index (χ0v) is 16.5. The molecule has 0 aliphatic rings. The third kappa shape index (κ3) is 7.19. The second-order valence-electron chi connectivity index (χ2n) is 5.61. The van der Waals surface area contributed by atoms with Gasteiger partial charge in [-0.3, -0.25) is 40.5 Å². The maximum Gasteiger partial charge on any atom is 0.317 e. The first-order valence-electron chi connectivity index (χ1n) is 8.73. The Labute approximate surface area is 174 Å². The van der Waals surface area contributed by atoms with Crippen molar-refractivity contribution in [2.24, 2.45) is 0 Å². The fourth-order valence-corrected chi connectivity index (χ4v) is 2.14. The monoisotopic (exact) mass is 438 g/mol.